The van der Waals surface area contributed by atoms with Gasteiger partial charge in [0.2, 0.25) is 5.91 Å². The molecule has 2 amide bonds. The molecule has 2 N–H and O–H groups in total. The number of rotatable bonds is 6. The maximum atomic E-state index is 11.8. The Morgan fingerprint density at radius 2 is 2.17 bits per heavy atom. The van der Waals surface area contributed by atoms with Crippen LogP contribution in [0.15, 0.2) is 12.1 Å². The lowest BCUT2D eigenvalue weighted by atomic mass is 10.3. The second kappa shape index (κ2) is 6.00. The molecule has 2 rings (SSSR count). The van der Waals surface area contributed by atoms with Crippen LogP contribution >= 0.6 is 11.3 Å². The van der Waals surface area contributed by atoms with Crippen molar-refractivity contribution in [2.45, 2.75) is 32.6 Å². The van der Waals surface area contributed by atoms with Crippen LogP contribution in [-0.2, 0) is 4.79 Å². The molecule has 4 nitrogen and oxygen atoms in total. The Labute approximate surface area is 111 Å². The quantitative estimate of drug-likeness (QED) is 0.778. The Balaban J connectivity index is 1.84. The summed E-state index contributed by atoms with van der Waals surface area (Å²) in [4.78, 5) is 24.0. The smallest absolute Gasteiger partial charge is 0.261 e. The van der Waals surface area contributed by atoms with Crippen molar-refractivity contribution in [1.29, 1.82) is 0 Å². The highest BCUT2D eigenvalue weighted by Crippen LogP contribution is 2.31. The number of amides is 2. The maximum absolute atomic E-state index is 11.8. The Bertz CT molecular complexity index is 438. The van der Waals surface area contributed by atoms with Crippen molar-refractivity contribution in [3.63, 3.8) is 0 Å². The van der Waals surface area contributed by atoms with Crippen molar-refractivity contribution in [1.82, 2.24) is 5.32 Å². The van der Waals surface area contributed by atoms with E-state index in [-0.39, 0.29) is 17.7 Å². The normalized spacial score (nSPS) is 14.3. The van der Waals surface area contributed by atoms with Gasteiger partial charge < -0.3 is 10.6 Å². The zero-order chi connectivity index (χ0) is 13.0. The van der Waals surface area contributed by atoms with Gasteiger partial charge in [0.25, 0.3) is 5.91 Å². The fourth-order valence-electron chi connectivity index (χ4n) is 1.56. The molecule has 0 spiro atoms. The summed E-state index contributed by atoms with van der Waals surface area (Å²) in [6, 6.07) is 3.55. The molecule has 1 aliphatic rings. The summed E-state index contributed by atoms with van der Waals surface area (Å²) < 4.78 is 0. The monoisotopic (exact) mass is 266 g/mol. The molecule has 0 bridgehead atoms. The van der Waals surface area contributed by atoms with Gasteiger partial charge in [-0.05, 0) is 31.4 Å². The van der Waals surface area contributed by atoms with Crippen LogP contribution in [0.25, 0.3) is 0 Å². The van der Waals surface area contributed by atoms with E-state index in [1.165, 1.54) is 11.3 Å². The van der Waals surface area contributed by atoms with E-state index < -0.39 is 0 Å². The molecule has 0 unspecified atom stereocenters. The zero-order valence-corrected chi connectivity index (χ0v) is 11.3. The number of carbonyl (C=O) groups is 2. The first kappa shape index (κ1) is 13.1. The summed E-state index contributed by atoms with van der Waals surface area (Å²) in [5, 5.41) is 6.46. The van der Waals surface area contributed by atoms with Crippen LogP contribution in [0.2, 0.25) is 0 Å². The maximum Gasteiger partial charge on any atom is 0.261 e. The van der Waals surface area contributed by atoms with Crippen LogP contribution in [0.5, 0.6) is 0 Å². The van der Waals surface area contributed by atoms with E-state index in [2.05, 4.69) is 17.6 Å². The molecule has 1 aliphatic carbocycles. The van der Waals surface area contributed by atoms with Gasteiger partial charge in [0.15, 0.2) is 0 Å². The van der Waals surface area contributed by atoms with Crippen molar-refractivity contribution in [3.8, 4) is 0 Å². The number of carbonyl (C=O) groups excluding carboxylic acids is 2. The fourth-order valence-corrected chi connectivity index (χ4v) is 2.39. The molecule has 1 fully saturated rings. The van der Waals surface area contributed by atoms with Crippen molar-refractivity contribution >= 4 is 28.2 Å². The predicted molar refractivity (Wildman–Crippen MR) is 72.9 cm³/mol. The lowest BCUT2D eigenvalue weighted by Gasteiger charge is -2.01. The van der Waals surface area contributed by atoms with Crippen LogP contribution in [0.1, 0.15) is 42.3 Å². The Kier molecular flexibility index (Phi) is 4.36. The average molecular weight is 266 g/mol. The molecule has 0 saturated heterocycles. The largest absolute Gasteiger partial charge is 0.351 e. The molecule has 0 aromatic carbocycles. The molecular weight excluding hydrogens is 248 g/mol. The second-order valence-corrected chi connectivity index (χ2v) is 5.62. The van der Waals surface area contributed by atoms with Crippen LogP contribution in [0.4, 0.5) is 5.00 Å². The van der Waals surface area contributed by atoms with Gasteiger partial charge in [-0.25, -0.2) is 0 Å². The molecule has 98 valence electrons. The standard InChI is InChI=1S/C13H18N2O2S/c1-2-3-8-14-13(17)10-6-7-11(18-10)15-12(16)9-4-5-9/h6-7,9H,2-5,8H2,1H3,(H,14,17)(H,15,16). The predicted octanol–water partition coefficient (Wildman–Crippen LogP) is 2.63. The van der Waals surface area contributed by atoms with Crippen LogP contribution in [0, 0.1) is 5.92 Å². The van der Waals surface area contributed by atoms with Gasteiger partial charge in [0, 0.05) is 12.5 Å². The molecule has 0 aliphatic heterocycles. The molecule has 5 heteroatoms. The molecular formula is C13H18N2O2S. The number of hydrogen-bond donors (Lipinski definition) is 2. The van der Waals surface area contributed by atoms with E-state index in [0.29, 0.717) is 11.4 Å². The third-order valence-electron chi connectivity index (χ3n) is 2.84. The summed E-state index contributed by atoms with van der Waals surface area (Å²) in [5.41, 5.74) is 0. The molecule has 1 heterocycles. The summed E-state index contributed by atoms with van der Waals surface area (Å²) in [5.74, 6) is 0.212. The number of anilines is 1. The molecule has 0 radical (unpaired) electrons. The van der Waals surface area contributed by atoms with E-state index in [9.17, 15) is 9.59 Å². The summed E-state index contributed by atoms with van der Waals surface area (Å²) in [6.45, 7) is 2.79. The molecule has 1 aromatic heterocycles. The van der Waals surface area contributed by atoms with Gasteiger partial charge in [0.1, 0.15) is 0 Å². The molecule has 1 saturated carbocycles. The molecule has 1 aromatic rings. The van der Waals surface area contributed by atoms with Crippen molar-refractivity contribution in [2.75, 3.05) is 11.9 Å². The van der Waals surface area contributed by atoms with Gasteiger partial charge in [-0.1, -0.05) is 13.3 Å². The summed E-state index contributed by atoms with van der Waals surface area (Å²) >= 11 is 1.33. The third-order valence-corrected chi connectivity index (χ3v) is 3.84. The first-order valence-electron chi connectivity index (χ1n) is 6.39. The SMILES string of the molecule is CCCCNC(=O)c1ccc(NC(=O)C2CC2)s1. The van der Waals surface area contributed by atoms with Gasteiger partial charge >= 0.3 is 0 Å². The fraction of sp³-hybridized carbons (Fsp3) is 0.538. The van der Waals surface area contributed by atoms with E-state index in [1.54, 1.807) is 12.1 Å². The minimum atomic E-state index is -0.0552. The number of thiophene rings is 1. The van der Waals surface area contributed by atoms with Crippen molar-refractivity contribution < 1.29 is 9.59 Å². The first-order chi connectivity index (χ1) is 8.70. The second-order valence-electron chi connectivity index (χ2n) is 4.54. The summed E-state index contributed by atoms with van der Waals surface area (Å²) in [6.07, 6.45) is 4.03. The van der Waals surface area contributed by atoms with Crippen LogP contribution in [0.3, 0.4) is 0 Å². The van der Waals surface area contributed by atoms with E-state index in [4.69, 9.17) is 0 Å². The van der Waals surface area contributed by atoms with Gasteiger partial charge in [-0.2, -0.15) is 0 Å². The highest BCUT2D eigenvalue weighted by Gasteiger charge is 2.29. The highest BCUT2D eigenvalue weighted by atomic mass is 32.1. The number of unbranched alkanes of at least 4 members (excludes halogenated alkanes) is 1. The van der Waals surface area contributed by atoms with E-state index in [0.717, 1.165) is 30.7 Å². The van der Waals surface area contributed by atoms with Crippen LogP contribution < -0.4 is 10.6 Å². The van der Waals surface area contributed by atoms with E-state index >= 15 is 0 Å². The van der Waals surface area contributed by atoms with Crippen molar-refractivity contribution in [2.24, 2.45) is 5.92 Å². The lowest BCUT2D eigenvalue weighted by molar-refractivity contribution is -0.117. The van der Waals surface area contributed by atoms with Gasteiger partial charge in [-0.15, -0.1) is 11.3 Å². The van der Waals surface area contributed by atoms with Crippen molar-refractivity contribution in [3.05, 3.63) is 17.0 Å². The third kappa shape index (κ3) is 3.57. The first-order valence-corrected chi connectivity index (χ1v) is 7.21. The van der Waals surface area contributed by atoms with Gasteiger partial charge in [-0.3, -0.25) is 9.59 Å². The van der Waals surface area contributed by atoms with E-state index in [1.807, 2.05) is 0 Å². The topological polar surface area (TPSA) is 58.2 Å². The molecule has 18 heavy (non-hydrogen) atoms. The number of hydrogen-bond acceptors (Lipinski definition) is 3. The Hall–Kier alpha value is -1.36. The number of nitrogens with one attached hydrogen (secondary N) is 2. The van der Waals surface area contributed by atoms with Gasteiger partial charge in [0.05, 0.1) is 9.88 Å². The molecule has 0 atom stereocenters. The zero-order valence-electron chi connectivity index (χ0n) is 10.5. The average Bonchev–Trinajstić information content (AvgIpc) is 3.10. The summed E-state index contributed by atoms with van der Waals surface area (Å²) in [7, 11) is 0. The highest BCUT2D eigenvalue weighted by molar-refractivity contribution is 7.18. The van der Waals surface area contributed by atoms with Crippen LogP contribution in [-0.4, -0.2) is 18.4 Å². The Morgan fingerprint density at radius 1 is 1.39 bits per heavy atom. The minimum Gasteiger partial charge on any atom is -0.351 e. The Morgan fingerprint density at radius 3 is 2.83 bits per heavy atom. The lowest BCUT2D eigenvalue weighted by Crippen LogP contribution is -2.23. The minimum absolute atomic E-state index is 0.0552.